The first-order valence-electron chi connectivity index (χ1n) is 10.4. The van der Waals surface area contributed by atoms with Gasteiger partial charge < -0.3 is 4.90 Å². The van der Waals surface area contributed by atoms with Crippen LogP contribution < -0.4 is 0 Å². The van der Waals surface area contributed by atoms with Crippen molar-refractivity contribution >= 4 is 17.2 Å². The highest BCUT2D eigenvalue weighted by atomic mass is 35.5. The first-order chi connectivity index (χ1) is 14.2. The Labute approximate surface area is 177 Å². The molecule has 2 aromatic carbocycles. The molecule has 0 amide bonds. The van der Waals surface area contributed by atoms with Crippen LogP contribution in [0.5, 0.6) is 0 Å². The van der Waals surface area contributed by atoms with E-state index >= 15 is 0 Å². The van der Waals surface area contributed by atoms with Crippen molar-refractivity contribution < 1.29 is 0 Å². The lowest BCUT2D eigenvalue weighted by Gasteiger charge is -2.27. The van der Waals surface area contributed by atoms with Gasteiger partial charge in [0.15, 0.2) is 0 Å². The van der Waals surface area contributed by atoms with Gasteiger partial charge in [0.05, 0.1) is 5.69 Å². The van der Waals surface area contributed by atoms with Crippen molar-refractivity contribution in [2.24, 2.45) is 0 Å². The van der Waals surface area contributed by atoms with Crippen LogP contribution in [0.1, 0.15) is 35.2 Å². The van der Waals surface area contributed by atoms with E-state index in [0.717, 1.165) is 43.8 Å². The van der Waals surface area contributed by atoms with E-state index in [1.54, 1.807) is 0 Å². The Balaban J connectivity index is 1.68. The van der Waals surface area contributed by atoms with Crippen molar-refractivity contribution in [3.05, 3.63) is 93.8 Å². The van der Waals surface area contributed by atoms with Gasteiger partial charge in [-0.05, 0) is 73.2 Å². The molecule has 1 aromatic heterocycles. The van der Waals surface area contributed by atoms with Gasteiger partial charge in [0, 0.05) is 35.4 Å². The second kappa shape index (κ2) is 7.78. The van der Waals surface area contributed by atoms with E-state index in [1.807, 2.05) is 12.3 Å². The van der Waals surface area contributed by atoms with Crippen LogP contribution >= 0.6 is 11.6 Å². The summed E-state index contributed by atoms with van der Waals surface area (Å²) in [4.78, 5) is 7.46. The predicted octanol–water partition coefficient (Wildman–Crippen LogP) is 6.03. The fourth-order valence-corrected chi connectivity index (χ4v) is 4.82. The van der Waals surface area contributed by atoms with Crippen LogP contribution in [0.2, 0.25) is 5.02 Å². The maximum absolute atomic E-state index is 6.36. The van der Waals surface area contributed by atoms with Crippen molar-refractivity contribution in [2.45, 2.75) is 25.7 Å². The van der Waals surface area contributed by atoms with Crippen molar-refractivity contribution in [3.8, 4) is 11.1 Å². The fraction of sp³-hybridized carbons (Fsp3) is 0.269. The van der Waals surface area contributed by atoms with E-state index in [1.165, 1.54) is 44.7 Å². The number of hydrogen-bond acceptors (Lipinski definition) is 2. The van der Waals surface area contributed by atoms with Crippen LogP contribution in [0.3, 0.4) is 0 Å². The van der Waals surface area contributed by atoms with Crippen molar-refractivity contribution in [2.75, 3.05) is 20.1 Å². The highest BCUT2D eigenvalue weighted by Crippen LogP contribution is 2.39. The second-order valence-electron chi connectivity index (χ2n) is 8.18. The minimum absolute atomic E-state index is 0.820. The summed E-state index contributed by atoms with van der Waals surface area (Å²) in [5.41, 5.74) is 10.5. The number of hydrogen-bond donors (Lipinski definition) is 0. The zero-order chi connectivity index (χ0) is 19.8. The summed E-state index contributed by atoms with van der Waals surface area (Å²) in [7, 11) is 2.21. The van der Waals surface area contributed by atoms with Gasteiger partial charge in [0.1, 0.15) is 0 Å². The van der Waals surface area contributed by atoms with E-state index in [2.05, 4.69) is 60.5 Å². The van der Waals surface area contributed by atoms with Crippen LogP contribution in [-0.4, -0.2) is 30.0 Å². The topological polar surface area (TPSA) is 16.1 Å². The fourth-order valence-electron chi connectivity index (χ4n) is 4.62. The van der Waals surface area contributed by atoms with Crippen molar-refractivity contribution in [1.82, 2.24) is 9.88 Å². The number of piperidine rings is 1. The number of rotatable bonds is 1. The Bertz CT molecular complexity index is 1080. The molecule has 0 spiro atoms. The minimum Gasteiger partial charge on any atom is -0.306 e. The third kappa shape index (κ3) is 3.63. The molecule has 146 valence electrons. The Kier molecular flexibility index (Phi) is 4.99. The summed E-state index contributed by atoms with van der Waals surface area (Å²) in [6, 6.07) is 19.3. The summed E-state index contributed by atoms with van der Waals surface area (Å²) in [5.74, 6) is 0. The number of pyridine rings is 1. The summed E-state index contributed by atoms with van der Waals surface area (Å²) < 4.78 is 0. The number of likely N-dealkylation sites (tertiary alicyclic amines) is 1. The Morgan fingerprint density at radius 3 is 2.38 bits per heavy atom. The number of halogens is 1. The molecule has 0 unspecified atom stereocenters. The zero-order valence-corrected chi connectivity index (χ0v) is 17.5. The first kappa shape index (κ1) is 18.6. The normalized spacial score (nSPS) is 16.9. The van der Waals surface area contributed by atoms with E-state index in [-0.39, 0.29) is 0 Å². The van der Waals surface area contributed by atoms with Crippen LogP contribution in [0.4, 0.5) is 0 Å². The van der Waals surface area contributed by atoms with Crippen LogP contribution in [0.25, 0.3) is 16.7 Å². The molecular weight excluding hydrogens is 376 g/mol. The molecule has 1 aliphatic carbocycles. The Morgan fingerprint density at radius 1 is 0.828 bits per heavy atom. The molecule has 0 atom stereocenters. The molecule has 2 aliphatic rings. The molecule has 3 aromatic rings. The molecule has 0 bridgehead atoms. The molecule has 0 radical (unpaired) electrons. The standard InChI is InChI=1S/C26H25ClN2/c1-29-13-11-19(12-14-29)25-24-10-9-23(27)16-20(24)7-8-21-15-22(17-28-26(21)25)18-5-3-2-4-6-18/h2-6,9-10,15-17H,7-8,11-14H2,1H3. The maximum Gasteiger partial charge on any atom is 0.0740 e. The van der Waals surface area contributed by atoms with Gasteiger partial charge in [-0.3, -0.25) is 4.98 Å². The molecular formula is C26H25ClN2. The van der Waals surface area contributed by atoms with Gasteiger partial charge in [-0.1, -0.05) is 53.6 Å². The lowest BCUT2D eigenvalue weighted by Crippen LogP contribution is -2.27. The molecule has 0 saturated carbocycles. The molecule has 0 N–H and O–H groups in total. The van der Waals surface area contributed by atoms with E-state index in [4.69, 9.17) is 16.6 Å². The lowest BCUT2D eigenvalue weighted by molar-refractivity contribution is 0.313. The molecule has 3 heteroatoms. The molecule has 2 nitrogen and oxygen atoms in total. The van der Waals surface area contributed by atoms with Crippen LogP contribution in [0.15, 0.2) is 66.4 Å². The highest BCUT2D eigenvalue weighted by molar-refractivity contribution is 6.30. The van der Waals surface area contributed by atoms with Gasteiger partial charge in [0.2, 0.25) is 0 Å². The minimum atomic E-state index is 0.820. The molecule has 29 heavy (non-hydrogen) atoms. The number of benzene rings is 2. The number of aryl methyl sites for hydroxylation is 2. The Hall–Kier alpha value is -2.42. The van der Waals surface area contributed by atoms with Gasteiger partial charge in [-0.2, -0.15) is 0 Å². The predicted molar refractivity (Wildman–Crippen MR) is 121 cm³/mol. The SMILES string of the molecule is CN1CCC(=C2c3ccc(Cl)cc3CCc3cc(-c4ccccc4)cnc32)CC1. The molecule has 1 aliphatic heterocycles. The van der Waals surface area contributed by atoms with Crippen LogP contribution in [0, 0.1) is 0 Å². The third-order valence-corrected chi connectivity index (χ3v) is 6.49. The summed E-state index contributed by atoms with van der Waals surface area (Å²) in [5, 5.41) is 0.820. The van der Waals surface area contributed by atoms with Gasteiger partial charge >= 0.3 is 0 Å². The molecule has 1 fully saturated rings. The molecule has 5 rings (SSSR count). The summed E-state index contributed by atoms with van der Waals surface area (Å²) >= 11 is 6.36. The van der Waals surface area contributed by atoms with Gasteiger partial charge in [-0.15, -0.1) is 0 Å². The zero-order valence-electron chi connectivity index (χ0n) is 16.8. The smallest absolute Gasteiger partial charge is 0.0740 e. The van der Waals surface area contributed by atoms with E-state index < -0.39 is 0 Å². The quantitative estimate of drug-likeness (QED) is 0.496. The van der Waals surface area contributed by atoms with E-state index in [9.17, 15) is 0 Å². The number of fused-ring (bicyclic) bond motifs is 2. The second-order valence-corrected chi connectivity index (χ2v) is 8.62. The summed E-state index contributed by atoms with van der Waals surface area (Å²) in [6.07, 6.45) is 6.25. The number of nitrogens with zero attached hydrogens (tertiary/aromatic N) is 2. The van der Waals surface area contributed by atoms with Crippen molar-refractivity contribution in [3.63, 3.8) is 0 Å². The Morgan fingerprint density at radius 2 is 1.59 bits per heavy atom. The average molecular weight is 401 g/mol. The molecule has 1 saturated heterocycles. The van der Waals surface area contributed by atoms with Crippen molar-refractivity contribution in [1.29, 1.82) is 0 Å². The van der Waals surface area contributed by atoms with Gasteiger partial charge in [-0.25, -0.2) is 0 Å². The maximum atomic E-state index is 6.36. The highest BCUT2D eigenvalue weighted by Gasteiger charge is 2.25. The first-order valence-corrected chi connectivity index (χ1v) is 10.8. The number of aromatic nitrogens is 1. The van der Waals surface area contributed by atoms with Crippen LogP contribution in [-0.2, 0) is 12.8 Å². The molecule has 2 heterocycles. The van der Waals surface area contributed by atoms with E-state index in [0.29, 0.717) is 0 Å². The third-order valence-electron chi connectivity index (χ3n) is 6.26. The average Bonchev–Trinajstić information content (AvgIpc) is 2.91. The summed E-state index contributed by atoms with van der Waals surface area (Å²) in [6.45, 7) is 2.22. The van der Waals surface area contributed by atoms with Gasteiger partial charge in [0.25, 0.3) is 0 Å². The lowest BCUT2D eigenvalue weighted by atomic mass is 9.88. The largest absolute Gasteiger partial charge is 0.306 e. The monoisotopic (exact) mass is 400 g/mol.